The molecule has 0 aromatic carbocycles. The molecule has 0 rings (SSSR count). The van der Waals surface area contributed by atoms with Crippen LogP contribution in [0.3, 0.4) is 0 Å². The van der Waals surface area contributed by atoms with Crippen molar-refractivity contribution in [3.05, 3.63) is 114 Å². The lowest BCUT2D eigenvalue weighted by Crippen LogP contribution is -2.70. The minimum absolute atomic E-state index is 0.475. The summed E-state index contributed by atoms with van der Waals surface area (Å²) in [6.45, 7) is 11.3. The highest BCUT2D eigenvalue weighted by atomic mass is 28.4. The summed E-state index contributed by atoms with van der Waals surface area (Å²) < 4.78 is 254. The molecule has 0 N–H and O–H groups in total. The van der Waals surface area contributed by atoms with Crippen molar-refractivity contribution in [3.8, 4) is 0 Å². The summed E-state index contributed by atoms with van der Waals surface area (Å²) in [4.78, 5) is 113. The number of carbonyl (C=O) groups is 9. The summed E-state index contributed by atoms with van der Waals surface area (Å²) in [6.07, 6.45) is -6.86. The van der Waals surface area contributed by atoms with Gasteiger partial charge in [-0.25, -0.2) is 43.2 Å². The Morgan fingerprint density at radius 3 is 0.624 bits per heavy atom. The normalized spacial score (nSPS) is 12.5. The average Bonchev–Trinajstić information content (AvgIpc) is 0.845. The first kappa shape index (κ1) is 77.1. The van der Waals surface area contributed by atoms with Gasteiger partial charge in [0, 0.05) is 67.1 Å². The highest BCUT2D eigenvalue weighted by molar-refractivity contribution is 6.60. The van der Waals surface area contributed by atoms with Gasteiger partial charge in [-0.2, -0.15) is 57.1 Å². The molecule has 0 amide bonds. The summed E-state index contributed by atoms with van der Waals surface area (Å²) in [6, 6.07) is -2.46. The minimum Gasteiger partial charge on any atom is -0.462 e. The monoisotopic (exact) mass is 1270 g/mol. The Hall–Kier alpha value is -7.92. The van der Waals surface area contributed by atoms with E-state index in [1.165, 1.54) is 0 Å². The van der Waals surface area contributed by atoms with Crippen LogP contribution in [-0.2, 0) is 99.1 Å². The van der Waals surface area contributed by atoms with Gasteiger partial charge in [-0.1, -0.05) is 59.2 Å². The first-order valence-electron chi connectivity index (χ1n) is 23.2. The van der Waals surface area contributed by atoms with Crippen LogP contribution < -0.4 is 0 Å². The van der Waals surface area contributed by atoms with E-state index in [2.05, 4.69) is 59.2 Å². The second-order valence-electron chi connectivity index (χ2n) is 17.4. The SMILES string of the molecule is C=CC(=O)OCC(COC(=O)C=C)(COC(=O)C=C)CO[Si](CCC(F)(F)C(F)(F)C(F)(F)C(F)(F)C(F)(F)C(F)(F)F)(OCC(COC(=O)C=C)(COC(=O)C=C)COC(=O)C=C)OCC(COC(=O)C=C)(COC(=O)C=C)COC(=O)C=C. The Morgan fingerprint density at radius 2 is 0.459 bits per heavy atom. The van der Waals surface area contributed by atoms with E-state index in [1.807, 2.05) is 0 Å². The molecule has 0 saturated heterocycles. The molecule has 0 aromatic heterocycles. The van der Waals surface area contributed by atoms with E-state index < -0.39 is 206 Å². The van der Waals surface area contributed by atoms with Crippen LogP contribution in [0.2, 0.25) is 6.04 Å². The molecular formula is C50H55F13O21Si. The van der Waals surface area contributed by atoms with Crippen molar-refractivity contribution >= 4 is 62.5 Å². The Kier molecular flexibility index (Phi) is 29.9. The molecule has 476 valence electrons. The molecule has 21 nitrogen and oxygen atoms in total. The van der Waals surface area contributed by atoms with Gasteiger partial charge in [0.2, 0.25) is 0 Å². The fourth-order valence-electron chi connectivity index (χ4n) is 5.70. The Balaban J connectivity index is 9.66. The van der Waals surface area contributed by atoms with Gasteiger partial charge in [0.25, 0.3) is 0 Å². The first-order valence-corrected chi connectivity index (χ1v) is 25.1. The van der Waals surface area contributed by atoms with E-state index in [0.29, 0.717) is 54.7 Å². The van der Waals surface area contributed by atoms with Gasteiger partial charge in [0.05, 0.1) is 36.1 Å². The second kappa shape index (κ2) is 33.0. The fraction of sp³-hybridized carbons (Fsp3) is 0.460. The van der Waals surface area contributed by atoms with Crippen LogP contribution in [0.1, 0.15) is 6.42 Å². The predicted octanol–water partition coefficient (Wildman–Crippen LogP) is 6.63. The first-order chi connectivity index (χ1) is 39.2. The summed E-state index contributed by atoms with van der Waals surface area (Å²) in [5.41, 5.74) is -7.88. The zero-order valence-electron chi connectivity index (χ0n) is 44.4. The van der Waals surface area contributed by atoms with Gasteiger partial charge < -0.3 is 55.9 Å². The van der Waals surface area contributed by atoms with Crippen LogP contribution in [0.25, 0.3) is 0 Å². The van der Waals surface area contributed by atoms with Crippen LogP contribution in [0.5, 0.6) is 0 Å². The molecule has 0 aliphatic heterocycles. The highest BCUT2D eigenvalue weighted by Crippen LogP contribution is 2.61. The fourth-order valence-corrected chi connectivity index (χ4v) is 8.58. The van der Waals surface area contributed by atoms with E-state index in [9.17, 15) is 73.9 Å². The maximum atomic E-state index is 16.3. The lowest BCUT2D eigenvalue weighted by atomic mass is 9.92. The van der Waals surface area contributed by atoms with Crippen LogP contribution >= 0.6 is 0 Å². The maximum Gasteiger partial charge on any atom is 0.501 e. The number of alkyl halides is 13. The van der Waals surface area contributed by atoms with Crippen LogP contribution in [0, 0.1) is 16.2 Å². The van der Waals surface area contributed by atoms with Crippen molar-refractivity contribution in [2.45, 2.75) is 48.3 Å². The van der Waals surface area contributed by atoms with Gasteiger partial charge >= 0.3 is 98.3 Å². The third-order valence-corrected chi connectivity index (χ3v) is 13.3. The van der Waals surface area contributed by atoms with Crippen molar-refractivity contribution in [2.24, 2.45) is 16.2 Å². The van der Waals surface area contributed by atoms with Gasteiger partial charge in [-0.3, -0.25) is 0 Å². The predicted molar refractivity (Wildman–Crippen MR) is 262 cm³/mol. The lowest BCUT2D eigenvalue weighted by molar-refractivity contribution is -0.440. The molecule has 0 spiro atoms. The van der Waals surface area contributed by atoms with Crippen LogP contribution in [-0.4, -0.2) is 178 Å². The minimum atomic E-state index is -8.44. The second-order valence-corrected chi connectivity index (χ2v) is 20.1. The molecule has 0 unspecified atom stereocenters. The molecule has 0 fully saturated rings. The smallest absolute Gasteiger partial charge is 0.462 e. The lowest BCUT2D eigenvalue weighted by Gasteiger charge is -2.42. The molecular weight excluding hydrogens is 1210 g/mol. The van der Waals surface area contributed by atoms with E-state index >= 15 is 26.3 Å². The highest BCUT2D eigenvalue weighted by Gasteiger charge is 2.90. The molecule has 0 radical (unpaired) electrons. The van der Waals surface area contributed by atoms with Gasteiger partial charge in [-0.15, -0.1) is 0 Å². The van der Waals surface area contributed by atoms with Gasteiger partial charge in [0.15, 0.2) is 0 Å². The molecule has 0 bridgehead atoms. The van der Waals surface area contributed by atoms with Crippen LogP contribution in [0.15, 0.2) is 114 Å². The van der Waals surface area contributed by atoms with Crippen molar-refractivity contribution in [2.75, 3.05) is 79.3 Å². The number of ether oxygens (including phenoxy) is 9. The summed E-state index contributed by atoms with van der Waals surface area (Å²) in [7, 11) is -6.59. The van der Waals surface area contributed by atoms with Crippen molar-refractivity contribution in [1.29, 1.82) is 0 Å². The van der Waals surface area contributed by atoms with E-state index in [1.54, 1.807) is 0 Å². The number of esters is 9. The van der Waals surface area contributed by atoms with E-state index in [4.69, 9.17) is 55.9 Å². The molecule has 0 aliphatic rings. The third kappa shape index (κ3) is 22.2. The quantitative estimate of drug-likeness (QED) is 0.0204. The molecule has 0 aliphatic carbocycles. The topological polar surface area (TPSA) is 264 Å². The van der Waals surface area contributed by atoms with E-state index in [-0.39, 0.29) is 0 Å². The molecule has 0 heterocycles. The molecule has 0 atom stereocenters. The van der Waals surface area contributed by atoms with Gasteiger partial charge in [-0.05, 0) is 0 Å². The van der Waals surface area contributed by atoms with Crippen molar-refractivity contribution in [1.82, 2.24) is 0 Å². The number of halogens is 13. The maximum absolute atomic E-state index is 16.3. The number of rotatable bonds is 43. The Labute approximate surface area is 475 Å². The average molecular weight is 1270 g/mol. The Morgan fingerprint density at radius 1 is 0.282 bits per heavy atom. The molecule has 0 saturated carbocycles. The summed E-state index contributed by atoms with van der Waals surface area (Å²) in [5, 5.41) is 0. The Bertz CT molecular complexity index is 2120. The number of hydrogen-bond acceptors (Lipinski definition) is 21. The standard InChI is InChI=1S/C50H55F13O21Si/c1-10-33(64)73-21-42(22-74-34(65)11-2,23-75-35(66)12-3)30-82-85(20-19-45(51,52)46(53,54)47(55,56)48(57,58)49(59,60)50(61,62)63,83-31-43(24-76-36(67)13-4,25-77-37(68)14-5)26-78-38(69)15-6)84-32-44(27-79-39(70)16-7,28-80-40(71)17-8)29-81-41(72)18-9/h10-18H,1-9,19-32H2. The van der Waals surface area contributed by atoms with Crippen LogP contribution in [0.4, 0.5) is 57.1 Å². The zero-order valence-corrected chi connectivity index (χ0v) is 45.4. The largest absolute Gasteiger partial charge is 0.501 e. The van der Waals surface area contributed by atoms with Crippen molar-refractivity contribution < 1.29 is 156 Å². The zero-order chi connectivity index (χ0) is 65.9. The summed E-state index contributed by atoms with van der Waals surface area (Å²) in [5.74, 6) is -52.8. The molecule has 0 aromatic rings. The third-order valence-electron chi connectivity index (χ3n) is 10.7. The van der Waals surface area contributed by atoms with E-state index in [0.717, 1.165) is 0 Å². The summed E-state index contributed by atoms with van der Waals surface area (Å²) >= 11 is 0. The molecule has 85 heavy (non-hydrogen) atoms. The van der Waals surface area contributed by atoms with Crippen molar-refractivity contribution in [3.63, 3.8) is 0 Å². The van der Waals surface area contributed by atoms with Gasteiger partial charge in [0.1, 0.15) is 59.5 Å². The molecule has 35 heteroatoms. The number of hydrogen-bond donors (Lipinski definition) is 0. The number of carbonyl (C=O) groups excluding carboxylic acids is 9.